The molecule has 0 atom stereocenters. The van der Waals surface area contributed by atoms with Gasteiger partial charge in [-0.05, 0) is 48.9 Å². The number of hydrogen-bond acceptors (Lipinski definition) is 6. The fourth-order valence-electron chi connectivity index (χ4n) is 2.93. The third kappa shape index (κ3) is 4.35. The number of carbonyl (C=O) groups excluding carboxylic acids is 2. The lowest BCUT2D eigenvalue weighted by Crippen LogP contribution is -2.13. The summed E-state index contributed by atoms with van der Waals surface area (Å²) in [6, 6.07) is 15.9. The molecular weight excluding hydrogens is 370 g/mol. The number of fused-ring (bicyclic) bond motifs is 1. The highest BCUT2D eigenvalue weighted by Gasteiger charge is 2.13. The Morgan fingerprint density at radius 1 is 1.00 bits per heavy atom. The predicted molar refractivity (Wildman–Crippen MR) is 109 cm³/mol. The zero-order valence-corrected chi connectivity index (χ0v) is 15.8. The summed E-state index contributed by atoms with van der Waals surface area (Å²) in [5.74, 6) is 1.70. The van der Waals surface area contributed by atoms with Gasteiger partial charge in [0.15, 0.2) is 17.3 Å². The number of nitrogens with one attached hydrogen (secondary N) is 2. The van der Waals surface area contributed by atoms with Crippen LogP contribution in [0.4, 0.5) is 11.5 Å². The van der Waals surface area contributed by atoms with Gasteiger partial charge in [0.05, 0.1) is 0 Å². The summed E-state index contributed by atoms with van der Waals surface area (Å²) >= 11 is 0. The maximum absolute atomic E-state index is 12.6. The molecule has 4 rings (SSSR count). The number of pyridine rings is 1. The van der Waals surface area contributed by atoms with Crippen LogP contribution in [-0.4, -0.2) is 23.5 Å². The number of rotatable bonds is 6. The fourth-order valence-corrected chi connectivity index (χ4v) is 2.93. The molecule has 0 aliphatic carbocycles. The standard InChI is InChI=1S/C22H19N3O4/c1-14(26)16-3-2-4-18(10-16)25-22(27)17-7-8-23-21(11-17)24-12-15-5-6-19-20(9-15)29-13-28-19/h2-11H,12-13H2,1H3,(H,23,24)(H,25,27). The average Bonchev–Trinajstić information content (AvgIpc) is 3.20. The molecule has 0 fully saturated rings. The van der Waals surface area contributed by atoms with Crippen molar-refractivity contribution in [3.63, 3.8) is 0 Å². The van der Waals surface area contributed by atoms with Crippen LogP contribution < -0.4 is 20.1 Å². The Bertz CT molecular complexity index is 1080. The first-order chi connectivity index (χ1) is 14.1. The van der Waals surface area contributed by atoms with Gasteiger partial charge in [0, 0.05) is 29.6 Å². The van der Waals surface area contributed by atoms with Gasteiger partial charge in [-0.1, -0.05) is 18.2 Å². The molecule has 0 spiro atoms. The normalized spacial score (nSPS) is 11.8. The first-order valence-electron chi connectivity index (χ1n) is 9.09. The maximum Gasteiger partial charge on any atom is 0.255 e. The van der Waals surface area contributed by atoms with Crippen LogP contribution in [0.2, 0.25) is 0 Å². The highest BCUT2D eigenvalue weighted by molar-refractivity contribution is 6.05. The number of ketones is 1. The minimum Gasteiger partial charge on any atom is -0.454 e. The van der Waals surface area contributed by atoms with Crippen molar-refractivity contribution in [2.75, 3.05) is 17.4 Å². The van der Waals surface area contributed by atoms with E-state index in [2.05, 4.69) is 15.6 Å². The Labute approximate surface area is 167 Å². The van der Waals surface area contributed by atoms with Gasteiger partial charge in [-0.2, -0.15) is 0 Å². The number of nitrogens with zero attached hydrogens (tertiary/aromatic N) is 1. The Morgan fingerprint density at radius 3 is 2.72 bits per heavy atom. The molecule has 29 heavy (non-hydrogen) atoms. The molecular formula is C22H19N3O4. The van der Waals surface area contributed by atoms with E-state index in [4.69, 9.17) is 9.47 Å². The van der Waals surface area contributed by atoms with Gasteiger partial charge in [0.2, 0.25) is 6.79 Å². The summed E-state index contributed by atoms with van der Waals surface area (Å²) in [5, 5.41) is 6.01. The summed E-state index contributed by atoms with van der Waals surface area (Å²) < 4.78 is 10.7. The number of benzene rings is 2. The number of ether oxygens (including phenoxy) is 2. The smallest absolute Gasteiger partial charge is 0.255 e. The van der Waals surface area contributed by atoms with E-state index in [1.807, 2.05) is 18.2 Å². The number of carbonyl (C=O) groups is 2. The van der Waals surface area contributed by atoms with E-state index in [1.165, 1.54) is 6.92 Å². The molecule has 1 aliphatic rings. The SMILES string of the molecule is CC(=O)c1cccc(NC(=O)c2ccnc(NCc3ccc4c(c3)OCO4)c2)c1. The fraction of sp³-hybridized carbons (Fsp3) is 0.136. The number of hydrogen-bond donors (Lipinski definition) is 2. The van der Waals surface area contributed by atoms with Crippen molar-refractivity contribution in [1.82, 2.24) is 4.98 Å². The molecule has 146 valence electrons. The number of aromatic nitrogens is 1. The van der Waals surface area contributed by atoms with E-state index >= 15 is 0 Å². The lowest BCUT2D eigenvalue weighted by atomic mass is 10.1. The van der Waals surface area contributed by atoms with Crippen LogP contribution in [0.5, 0.6) is 11.5 Å². The molecule has 2 N–H and O–H groups in total. The molecule has 0 radical (unpaired) electrons. The lowest BCUT2D eigenvalue weighted by molar-refractivity contribution is 0.101. The average molecular weight is 389 g/mol. The van der Waals surface area contributed by atoms with E-state index in [9.17, 15) is 9.59 Å². The molecule has 1 aromatic heterocycles. The van der Waals surface area contributed by atoms with Crippen LogP contribution in [0.15, 0.2) is 60.8 Å². The summed E-state index contributed by atoms with van der Waals surface area (Å²) in [6.45, 7) is 2.25. The molecule has 1 amide bonds. The minimum absolute atomic E-state index is 0.0555. The van der Waals surface area contributed by atoms with Crippen molar-refractivity contribution < 1.29 is 19.1 Å². The van der Waals surface area contributed by atoms with Gasteiger partial charge >= 0.3 is 0 Å². The van der Waals surface area contributed by atoms with Gasteiger partial charge < -0.3 is 20.1 Å². The third-order valence-electron chi connectivity index (χ3n) is 4.46. The van der Waals surface area contributed by atoms with Crippen molar-refractivity contribution in [2.24, 2.45) is 0 Å². The number of anilines is 2. The Hall–Kier alpha value is -3.87. The summed E-state index contributed by atoms with van der Waals surface area (Å²) in [5.41, 5.74) is 2.58. The number of Topliss-reactive ketones (excluding diaryl/α,β-unsaturated/α-hetero) is 1. The lowest BCUT2D eigenvalue weighted by Gasteiger charge is -2.09. The Balaban J connectivity index is 1.42. The van der Waals surface area contributed by atoms with Crippen molar-refractivity contribution in [3.05, 3.63) is 77.5 Å². The first kappa shape index (κ1) is 18.5. The summed E-state index contributed by atoms with van der Waals surface area (Å²) in [6.07, 6.45) is 1.57. The van der Waals surface area contributed by atoms with Crippen LogP contribution >= 0.6 is 0 Å². The molecule has 1 aliphatic heterocycles. The highest BCUT2D eigenvalue weighted by atomic mass is 16.7. The van der Waals surface area contributed by atoms with Gasteiger partial charge in [0.25, 0.3) is 5.91 Å². The molecule has 3 aromatic rings. The van der Waals surface area contributed by atoms with Gasteiger partial charge in [-0.3, -0.25) is 9.59 Å². The van der Waals surface area contributed by atoms with Crippen LogP contribution in [0.1, 0.15) is 33.2 Å². The van der Waals surface area contributed by atoms with Gasteiger partial charge in [-0.25, -0.2) is 4.98 Å². The maximum atomic E-state index is 12.6. The van der Waals surface area contributed by atoms with E-state index in [-0.39, 0.29) is 18.5 Å². The topological polar surface area (TPSA) is 89.6 Å². The second-order valence-corrected chi connectivity index (χ2v) is 6.56. The molecule has 0 saturated carbocycles. The van der Waals surface area contributed by atoms with Gasteiger partial charge in [-0.15, -0.1) is 0 Å². The summed E-state index contributed by atoms with van der Waals surface area (Å²) in [4.78, 5) is 28.3. The first-order valence-corrected chi connectivity index (χ1v) is 9.09. The van der Waals surface area contributed by atoms with Gasteiger partial charge in [0.1, 0.15) is 5.82 Å². The van der Waals surface area contributed by atoms with Crippen molar-refractivity contribution >= 4 is 23.2 Å². The highest BCUT2D eigenvalue weighted by Crippen LogP contribution is 2.32. The van der Waals surface area contributed by atoms with Crippen molar-refractivity contribution in [1.29, 1.82) is 0 Å². The molecule has 2 aromatic carbocycles. The third-order valence-corrected chi connectivity index (χ3v) is 4.46. The molecule has 7 nitrogen and oxygen atoms in total. The Kier molecular flexibility index (Phi) is 5.11. The van der Waals surface area contributed by atoms with E-state index < -0.39 is 0 Å². The molecule has 0 unspecified atom stereocenters. The van der Waals surface area contributed by atoms with Crippen LogP contribution in [0.3, 0.4) is 0 Å². The molecule has 0 bridgehead atoms. The number of amides is 1. The zero-order valence-electron chi connectivity index (χ0n) is 15.8. The molecule has 0 saturated heterocycles. The second-order valence-electron chi connectivity index (χ2n) is 6.56. The van der Waals surface area contributed by atoms with E-state index in [0.717, 1.165) is 17.1 Å². The minimum atomic E-state index is -0.278. The second kappa shape index (κ2) is 8.02. The van der Waals surface area contributed by atoms with E-state index in [0.29, 0.717) is 29.2 Å². The quantitative estimate of drug-likeness (QED) is 0.622. The largest absolute Gasteiger partial charge is 0.454 e. The Morgan fingerprint density at radius 2 is 1.86 bits per heavy atom. The molecule has 7 heteroatoms. The monoisotopic (exact) mass is 389 g/mol. The summed E-state index contributed by atoms with van der Waals surface area (Å²) in [7, 11) is 0. The van der Waals surface area contributed by atoms with Crippen LogP contribution in [-0.2, 0) is 6.54 Å². The zero-order chi connectivity index (χ0) is 20.2. The van der Waals surface area contributed by atoms with Crippen LogP contribution in [0, 0.1) is 0 Å². The molecule has 2 heterocycles. The van der Waals surface area contributed by atoms with E-state index in [1.54, 1.807) is 42.6 Å². The van der Waals surface area contributed by atoms with Crippen LogP contribution in [0.25, 0.3) is 0 Å². The predicted octanol–water partition coefficient (Wildman–Crippen LogP) is 3.88. The van der Waals surface area contributed by atoms with Crippen molar-refractivity contribution in [2.45, 2.75) is 13.5 Å². The van der Waals surface area contributed by atoms with Crippen molar-refractivity contribution in [3.8, 4) is 11.5 Å².